The molecule has 3 atom stereocenters. The smallest absolute Gasteiger partial charge is 0.487 e. The molecule has 3 N–H and O–H groups in total. The number of aliphatic imine (C=N–C) groups is 1. The largest absolute Gasteiger partial charge is 0.573 e. The van der Waals surface area contributed by atoms with Crippen molar-refractivity contribution in [2.75, 3.05) is 20.3 Å². The van der Waals surface area contributed by atoms with Gasteiger partial charge < -0.3 is 25.3 Å². The minimum atomic E-state index is -4.81. The second-order valence-corrected chi connectivity index (χ2v) is 11.0. The van der Waals surface area contributed by atoms with Gasteiger partial charge in [0.25, 0.3) is 0 Å². The Morgan fingerprint density at radius 2 is 1.90 bits per heavy atom. The van der Waals surface area contributed by atoms with Gasteiger partial charge in [0.15, 0.2) is 5.96 Å². The van der Waals surface area contributed by atoms with Crippen molar-refractivity contribution in [3.8, 4) is 24.3 Å². The van der Waals surface area contributed by atoms with Crippen molar-refractivity contribution in [3.05, 3.63) is 23.8 Å². The topological polar surface area (TPSA) is 115 Å². The van der Waals surface area contributed by atoms with E-state index in [1.54, 1.807) is 21.0 Å². The molecule has 0 saturated heterocycles. The van der Waals surface area contributed by atoms with E-state index in [9.17, 15) is 22.8 Å². The highest BCUT2D eigenvalue weighted by atomic mass is 19.4. The number of nitrogens with one attached hydrogen (secondary N) is 1. The van der Waals surface area contributed by atoms with Crippen LogP contribution in [0.2, 0.25) is 0 Å². The first-order chi connectivity index (χ1) is 18.5. The van der Waals surface area contributed by atoms with Crippen molar-refractivity contribution < 1.29 is 37.0 Å². The normalized spacial score (nSPS) is 24.0. The number of guanidine groups is 1. The number of rotatable bonds is 6. The summed E-state index contributed by atoms with van der Waals surface area (Å²) < 4.78 is 52.2. The summed E-state index contributed by atoms with van der Waals surface area (Å²) in [4.78, 5) is 31.3. The lowest BCUT2D eigenvalue weighted by Gasteiger charge is -2.38. The molecule has 1 aromatic carbocycles. The van der Waals surface area contributed by atoms with Gasteiger partial charge in [-0.05, 0) is 59.1 Å². The maximum atomic E-state index is 13.0. The highest BCUT2D eigenvalue weighted by Crippen LogP contribution is 2.44. The molecule has 2 heterocycles. The lowest BCUT2D eigenvalue weighted by Crippen LogP contribution is -2.50. The van der Waals surface area contributed by atoms with Crippen molar-refractivity contribution in [2.24, 2.45) is 22.6 Å². The molecule has 2 amide bonds. The maximum Gasteiger partial charge on any atom is 0.573 e. The molecule has 0 bridgehead atoms. The van der Waals surface area contributed by atoms with Crippen molar-refractivity contribution in [3.63, 3.8) is 0 Å². The fraction of sp³-hybridized carbons (Fsp3) is 0.607. The zero-order valence-electron chi connectivity index (χ0n) is 23.8. The zero-order chi connectivity index (χ0) is 30.5. The van der Waals surface area contributed by atoms with Crippen LogP contribution in [0.25, 0.3) is 0 Å². The van der Waals surface area contributed by atoms with Crippen LogP contribution in [0.4, 0.5) is 13.2 Å². The first-order valence-corrected chi connectivity index (χ1v) is 12.9. The van der Waals surface area contributed by atoms with Crippen molar-refractivity contribution >= 4 is 17.8 Å². The van der Waals surface area contributed by atoms with E-state index < -0.39 is 23.5 Å². The van der Waals surface area contributed by atoms with Gasteiger partial charge in [-0.15, -0.1) is 26.0 Å². The maximum absolute atomic E-state index is 13.0. The Balaban J connectivity index is 0.000000858. The number of hydrogen-bond acceptors (Lipinski definition) is 7. The molecule has 2 aliphatic heterocycles. The summed E-state index contributed by atoms with van der Waals surface area (Å²) in [6.45, 7) is 10.4. The van der Waals surface area contributed by atoms with Gasteiger partial charge in [-0.25, -0.2) is 4.99 Å². The Morgan fingerprint density at radius 1 is 1.27 bits per heavy atom. The molecule has 1 aromatic rings. The molecule has 1 fully saturated rings. The number of amides is 2. The summed E-state index contributed by atoms with van der Waals surface area (Å²) >= 11 is 0. The Hall–Kier alpha value is -3.46. The van der Waals surface area contributed by atoms with Crippen LogP contribution in [-0.4, -0.2) is 60.4 Å². The van der Waals surface area contributed by atoms with Crippen molar-refractivity contribution in [1.82, 2.24) is 10.2 Å². The molecule has 0 aromatic heterocycles. The summed E-state index contributed by atoms with van der Waals surface area (Å²) in [7, 11) is 1.68. The van der Waals surface area contributed by atoms with E-state index >= 15 is 0 Å². The molecule has 40 heavy (non-hydrogen) atoms. The molecule has 12 heteroatoms. The molecule has 4 rings (SSSR count). The lowest BCUT2D eigenvalue weighted by molar-refractivity contribution is -0.274. The number of halogens is 3. The Labute approximate surface area is 233 Å². The van der Waals surface area contributed by atoms with E-state index in [1.807, 2.05) is 20.8 Å². The van der Waals surface area contributed by atoms with Crippen molar-refractivity contribution in [1.29, 1.82) is 0 Å². The highest BCUT2D eigenvalue weighted by molar-refractivity contribution is 5.99. The summed E-state index contributed by atoms with van der Waals surface area (Å²) in [6, 6.07) is 3.44. The van der Waals surface area contributed by atoms with Gasteiger partial charge in [0.2, 0.25) is 11.8 Å². The average molecular weight is 569 g/mol. The number of nitrogens with two attached hydrogens (primary N) is 1. The molecule has 3 aliphatic rings. The van der Waals surface area contributed by atoms with Crippen LogP contribution >= 0.6 is 0 Å². The number of methoxy groups -OCH3 is 1. The second-order valence-electron chi connectivity index (χ2n) is 11.0. The first-order valence-electron chi connectivity index (χ1n) is 12.9. The number of nitrogens with zero attached hydrogens (tertiary/aromatic N) is 2. The van der Waals surface area contributed by atoms with Crippen molar-refractivity contribution in [2.45, 2.75) is 77.4 Å². The van der Waals surface area contributed by atoms with Crippen LogP contribution in [0, 0.1) is 24.7 Å². The Kier molecular flexibility index (Phi) is 10.5. The predicted molar refractivity (Wildman–Crippen MR) is 144 cm³/mol. The molecule has 222 valence electrons. The van der Waals surface area contributed by atoms with Crippen LogP contribution in [0.1, 0.15) is 65.5 Å². The average Bonchev–Trinajstić information content (AvgIpc) is 3.60. The van der Waals surface area contributed by atoms with E-state index in [0.29, 0.717) is 24.9 Å². The Bertz CT molecular complexity index is 1110. The number of ether oxygens (including phenoxy) is 3. The molecule has 1 saturated carbocycles. The van der Waals surface area contributed by atoms with E-state index in [0.717, 1.165) is 6.61 Å². The molecular formula is C28H39F3N4O5. The number of carbonyl (C=O) groups is 2. The lowest BCUT2D eigenvalue weighted by atomic mass is 9.89. The van der Waals surface area contributed by atoms with E-state index in [-0.39, 0.29) is 47.5 Å². The summed E-state index contributed by atoms with van der Waals surface area (Å²) in [6.07, 6.45) is 4.50. The van der Waals surface area contributed by atoms with Crippen LogP contribution < -0.4 is 20.5 Å². The second kappa shape index (κ2) is 12.8. The minimum Gasteiger partial charge on any atom is -0.487 e. The van der Waals surface area contributed by atoms with Gasteiger partial charge in [0.05, 0.1) is 18.0 Å². The monoisotopic (exact) mass is 568 g/mol. The number of benzene rings is 1. The SMILES string of the molecule is C#C.CC1(C)CC(=O)N(CC2CC2C(=O)NC2CC(C)(C)Oc3cc(OC(F)(F)F)ccc32)C(N)=N1.CCOC. The van der Waals surface area contributed by atoms with E-state index in [2.05, 4.69) is 32.6 Å². The van der Waals surface area contributed by atoms with Gasteiger partial charge >= 0.3 is 6.36 Å². The summed E-state index contributed by atoms with van der Waals surface area (Å²) in [5, 5.41) is 3.02. The molecule has 9 nitrogen and oxygen atoms in total. The minimum absolute atomic E-state index is 0.0335. The molecule has 1 aliphatic carbocycles. The van der Waals surface area contributed by atoms with Crippen LogP contribution in [-0.2, 0) is 14.3 Å². The summed E-state index contributed by atoms with van der Waals surface area (Å²) in [5.41, 5.74) is 5.33. The predicted octanol–water partition coefficient (Wildman–Crippen LogP) is 4.17. The first kappa shape index (κ1) is 32.8. The highest BCUT2D eigenvalue weighted by Gasteiger charge is 2.47. The number of fused-ring (bicyclic) bond motifs is 1. The summed E-state index contributed by atoms with van der Waals surface area (Å²) in [5.74, 6) is -0.572. The third kappa shape index (κ3) is 9.05. The number of alkyl halides is 3. The van der Waals surface area contributed by atoms with Gasteiger partial charge in [-0.1, -0.05) is 0 Å². The van der Waals surface area contributed by atoms with Crippen LogP contribution in [0.5, 0.6) is 11.5 Å². The molecule has 3 unspecified atom stereocenters. The van der Waals surface area contributed by atoms with Gasteiger partial charge in [-0.3, -0.25) is 14.5 Å². The van der Waals surface area contributed by atoms with Crippen LogP contribution in [0.3, 0.4) is 0 Å². The van der Waals surface area contributed by atoms with E-state index in [4.69, 9.17) is 10.5 Å². The molecule has 0 spiro atoms. The van der Waals surface area contributed by atoms with E-state index in [1.165, 1.54) is 23.1 Å². The standard InChI is InChI=1S/C23H29F3N4O4.C3H8O.C2H2/c1-21(2)10-18(31)30(20(27)29-21)11-12-7-15(12)19(32)28-16-9-22(3,4)34-17-8-13(5-6-14(16)17)33-23(24,25)26;1-3-4-2;1-2/h5-6,8,12,15-16H,7,9-11H2,1-4H3,(H2,27,29)(H,28,32);3H2,1-2H3;1-2H. The van der Waals surface area contributed by atoms with Gasteiger partial charge in [0, 0.05) is 44.2 Å². The van der Waals surface area contributed by atoms with Gasteiger partial charge in [0.1, 0.15) is 17.1 Å². The van der Waals surface area contributed by atoms with Gasteiger partial charge in [-0.2, -0.15) is 0 Å². The fourth-order valence-electron chi connectivity index (χ4n) is 4.64. The number of carbonyl (C=O) groups excluding carboxylic acids is 2. The van der Waals surface area contributed by atoms with Crippen LogP contribution in [0.15, 0.2) is 23.2 Å². The number of hydrogen-bond donors (Lipinski definition) is 2. The number of terminal acetylenes is 1. The fourth-order valence-corrected chi connectivity index (χ4v) is 4.64. The quantitative estimate of drug-likeness (QED) is 0.498. The molecule has 0 radical (unpaired) electrons. The molecular weight excluding hydrogens is 529 g/mol. The Morgan fingerprint density at radius 3 is 2.45 bits per heavy atom. The third-order valence-electron chi connectivity index (χ3n) is 6.54. The zero-order valence-corrected chi connectivity index (χ0v) is 23.8. The third-order valence-corrected chi connectivity index (χ3v) is 6.54.